The first-order valence-corrected chi connectivity index (χ1v) is 5.07. The number of hydrogen-bond acceptors (Lipinski definition) is 2. The lowest BCUT2D eigenvalue weighted by molar-refractivity contribution is 0.647. The fourth-order valence-corrected chi connectivity index (χ4v) is 2.31. The second-order valence-electron chi connectivity index (χ2n) is 3.17. The fraction of sp³-hybridized carbons (Fsp3) is 0.444. The summed E-state index contributed by atoms with van der Waals surface area (Å²) in [5.41, 5.74) is 0.996. The van der Waals surface area contributed by atoms with Crippen LogP contribution in [-0.4, -0.2) is 11.5 Å². The molecule has 1 saturated heterocycles. The van der Waals surface area contributed by atoms with Crippen LogP contribution in [0.2, 0.25) is 10.0 Å². The van der Waals surface area contributed by atoms with E-state index in [4.69, 9.17) is 23.2 Å². The smallest absolute Gasteiger partial charge is 0.0652 e. The minimum absolute atomic E-state index is 0.308. The number of rotatable bonds is 1. The first-order chi connectivity index (χ1) is 6.29. The average Bonchev–Trinajstić information content (AvgIpc) is 2.57. The van der Waals surface area contributed by atoms with Crippen molar-refractivity contribution in [2.75, 3.05) is 6.54 Å². The molecule has 2 nitrogen and oxygen atoms in total. The van der Waals surface area contributed by atoms with Gasteiger partial charge in [0, 0.05) is 24.0 Å². The van der Waals surface area contributed by atoms with Crippen molar-refractivity contribution in [3.05, 3.63) is 28.0 Å². The van der Waals surface area contributed by atoms with Crippen LogP contribution in [0.25, 0.3) is 0 Å². The molecule has 0 spiro atoms. The quantitative estimate of drug-likeness (QED) is 0.782. The van der Waals surface area contributed by atoms with Gasteiger partial charge in [-0.3, -0.25) is 4.98 Å². The van der Waals surface area contributed by atoms with Gasteiger partial charge in [0.05, 0.1) is 10.0 Å². The summed E-state index contributed by atoms with van der Waals surface area (Å²) in [6, 6.07) is 0.308. The summed E-state index contributed by atoms with van der Waals surface area (Å²) >= 11 is 12.0. The van der Waals surface area contributed by atoms with E-state index in [1.54, 1.807) is 12.4 Å². The van der Waals surface area contributed by atoms with Crippen molar-refractivity contribution in [3.63, 3.8) is 0 Å². The second kappa shape index (κ2) is 3.82. The van der Waals surface area contributed by atoms with E-state index in [-0.39, 0.29) is 0 Å². The highest BCUT2D eigenvalue weighted by Crippen LogP contribution is 2.33. The molecule has 1 atom stereocenters. The number of halogens is 2. The van der Waals surface area contributed by atoms with Gasteiger partial charge < -0.3 is 5.32 Å². The molecule has 0 saturated carbocycles. The summed E-state index contributed by atoms with van der Waals surface area (Å²) < 4.78 is 0. The van der Waals surface area contributed by atoms with E-state index in [0.29, 0.717) is 16.1 Å². The summed E-state index contributed by atoms with van der Waals surface area (Å²) in [4.78, 5) is 3.92. The Morgan fingerprint density at radius 3 is 2.54 bits per heavy atom. The van der Waals surface area contributed by atoms with Crippen LogP contribution in [0.3, 0.4) is 0 Å². The summed E-state index contributed by atoms with van der Waals surface area (Å²) in [6.07, 6.45) is 5.56. The van der Waals surface area contributed by atoms with Crippen molar-refractivity contribution >= 4 is 23.2 Å². The maximum atomic E-state index is 6.02. The van der Waals surface area contributed by atoms with Crippen LogP contribution in [0.1, 0.15) is 24.4 Å². The Balaban J connectivity index is 2.37. The summed E-state index contributed by atoms with van der Waals surface area (Å²) in [6.45, 7) is 1.04. The Labute approximate surface area is 87.3 Å². The highest BCUT2D eigenvalue weighted by Gasteiger charge is 2.21. The minimum Gasteiger partial charge on any atom is -0.310 e. The Hall–Kier alpha value is -0.310. The van der Waals surface area contributed by atoms with Gasteiger partial charge in [0.25, 0.3) is 0 Å². The van der Waals surface area contributed by atoms with Crippen LogP contribution in [0.15, 0.2) is 12.4 Å². The molecular weight excluding hydrogens is 207 g/mol. The molecule has 0 radical (unpaired) electrons. The summed E-state index contributed by atoms with van der Waals surface area (Å²) in [5, 5.41) is 4.68. The van der Waals surface area contributed by atoms with Gasteiger partial charge in [-0.1, -0.05) is 23.2 Å². The highest BCUT2D eigenvalue weighted by molar-refractivity contribution is 6.35. The Bertz CT molecular complexity index is 288. The fourth-order valence-electron chi connectivity index (χ4n) is 1.69. The zero-order valence-electron chi connectivity index (χ0n) is 7.06. The molecule has 0 bridgehead atoms. The maximum Gasteiger partial charge on any atom is 0.0652 e. The van der Waals surface area contributed by atoms with E-state index < -0.39 is 0 Å². The lowest BCUT2D eigenvalue weighted by atomic mass is 10.1. The zero-order chi connectivity index (χ0) is 9.26. The van der Waals surface area contributed by atoms with Crippen LogP contribution in [0, 0.1) is 0 Å². The van der Waals surface area contributed by atoms with Crippen molar-refractivity contribution in [2.24, 2.45) is 0 Å². The van der Waals surface area contributed by atoms with E-state index in [2.05, 4.69) is 10.3 Å². The van der Waals surface area contributed by atoms with Gasteiger partial charge in [-0.2, -0.15) is 0 Å². The molecule has 1 aliphatic heterocycles. The first-order valence-electron chi connectivity index (χ1n) is 4.31. The number of pyridine rings is 1. The molecule has 0 amide bonds. The van der Waals surface area contributed by atoms with Crippen LogP contribution in [0.5, 0.6) is 0 Å². The van der Waals surface area contributed by atoms with Crippen molar-refractivity contribution in [2.45, 2.75) is 18.9 Å². The van der Waals surface area contributed by atoms with E-state index in [0.717, 1.165) is 18.5 Å². The predicted molar refractivity (Wildman–Crippen MR) is 54.2 cm³/mol. The van der Waals surface area contributed by atoms with E-state index >= 15 is 0 Å². The average molecular weight is 217 g/mol. The van der Waals surface area contributed by atoms with Crippen LogP contribution >= 0.6 is 23.2 Å². The molecule has 1 aromatic heterocycles. The monoisotopic (exact) mass is 216 g/mol. The normalized spacial score (nSPS) is 22.2. The molecule has 0 aliphatic carbocycles. The lowest BCUT2D eigenvalue weighted by Crippen LogP contribution is -2.13. The lowest BCUT2D eigenvalue weighted by Gasteiger charge is -2.13. The third-order valence-electron chi connectivity index (χ3n) is 2.30. The number of aromatic nitrogens is 1. The zero-order valence-corrected chi connectivity index (χ0v) is 8.57. The van der Waals surface area contributed by atoms with Gasteiger partial charge in [0.15, 0.2) is 0 Å². The van der Waals surface area contributed by atoms with Crippen LogP contribution in [-0.2, 0) is 0 Å². The maximum absolute atomic E-state index is 6.02. The molecule has 70 valence electrons. The number of nitrogens with one attached hydrogen (secondary N) is 1. The Morgan fingerprint density at radius 2 is 2.00 bits per heavy atom. The van der Waals surface area contributed by atoms with Gasteiger partial charge in [-0.15, -0.1) is 0 Å². The molecule has 1 unspecified atom stereocenters. The topological polar surface area (TPSA) is 24.9 Å². The van der Waals surface area contributed by atoms with Gasteiger partial charge in [-0.05, 0) is 19.4 Å². The summed E-state index contributed by atoms with van der Waals surface area (Å²) in [7, 11) is 0. The van der Waals surface area contributed by atoms with Gasteiger partial charge in [0.1, 0.15) is 0 Å². The number of nitrogens with zero attached hydrogens (tertiary/aromatic N) is 1. The molecule has 4 heteroatoms. The van der Waals surface area contributed by atoms with Gasteiger partial charge >= 0.3 is 0 Å². The van der Waals surface area contributed by atoms with E-state index in [9.17, 15) is 0 Å². The molecule has 1 fully saturated rings. The van der Waals surface area contributed by atoms with Crippen molar-refractivity contribution in [3.8, 4) is 0 Å². The standard InChI is InChI=1S/C9H10Cl2N2/c10-6-4-12-5-7(11)9(6)8-2-1-3-13-8/h4-5,8,13H,1-3H2. The Morgan fingerprint density at radius 1 is 1.31 bits per heavy atom. The summed E-state index contributed by atoms with van der Waals surface area (Å²) in [5.74, 6) is 0. The molecular formula is C9H10Cl2N2. The highest BCUT2D eigenvalue weighted by atomic mass is 35.5. The molecule has 1 aromatic rings. The van der Waals surface area contributed by atoms with Crippen molar-refractivity contribution in [1.82, 2.24) is 10.3 Å². The number of hydrogen-bond donors (Lipinski definition) is 1. The largest absolute Gasteiger partial charge is 0.310 e. The third-order valence-corrected chi connectivity index (χ3v) is 2.90. The van der Waals surface area contributed by atoms with E-state index in [1.165, 1.54) is 6.42 Å². The third kappa shape index (κ3) is 1.80. The first kappa shape index (κ1) is 9.25. The van der Waals surface area contributed by atoms with Crippen LogP contribution in [0.4, 0.5) is 0 Å². The van der Waals surface area contributed by atoms with E-state index in [1.807, 2.05) is 0 Å². The molecule has 1 N–H and O–H groups in total. The predicted octanol–water partition coefficient (Wildman–Crippen LogP) is 2.81. The molecule has 0 aromatic carbocycles. The SMILES string of the molecule is Clc1cncc(Cl)c1C1CCCN1. The van der Waals surface area contributed by atoms with Gasteiger partial charge in [-0.25, -0.2) is 0 Å². The minimum atomic E-state index is 0.308. The van der Waals surface area contributed by atoms with Crippen molar-refractivity contribution in [1.29, 1.82) is 0 Å². The van der Waals surface area contributed by atoms with Gasteiger partial charge in [0.2, 0.25) is 0 Å². The molecule has 2 heterocycles. The van der Waals surface area contributed by atoms with Crippen LogP contribution < -0.4 is 5.32 Å². The molecule has 2 rings (SSSR count). The second-order valence-corrected chi connectivity index (χ2v) is 3.98. The molecule has 13 heavy (non-hydrogen) atoms. The molecule has 1 aliphatic rings. The van der Waals surface area contributed by atoms with Crippen molar-refractivity contribution < 1.29 is 0 Å². The Kier molecular flexibility index (Phi) is 2.72.